The van der Waals surface area contributed by atoms with Crippen LogP contribution >= 0.6 is 0 Å². The average Bonchev–Trinajstić information content (AvgIpc) is 3.24. The highest BCUT2D eigenvalue weighted by Crippen LogP contribution is 2.33. The molecule has 6 nitrogen and oxygen atoms in total. The number of carbonyl (C=O) groups is 1. The Hall–Kier alpha value is -2.11. The maximum Gasteiger partial charge on any atom is 0.276 e. The molecule has 3 rings (SSSR count). The van der Waals surface area contributed by atoms with E-state index in [2.05, 4.69) is 24.2 Å². The molecule has 2 aromatic rings. The molecule has 3 heterocycles. The molecule has 0 N–H and O–H groups in total. The van der Waals surface area contributed by atoms with Crippen molar-refractivity contribution in [3.05, 3.63) is 35.0 Å². The molecule has 2 aromatic heterocycles. The molecule has 0 spiro atoms. The van der Waals surface area contributed by atoms with Gasteiger partial charge in [0.1, 0.15) is 17.2 Å². The van der Waals surface area contributed by atoms with Gasteiger partial charge in [-0.25, -0.2) is 0 Å². The third kappa shape index (κ3) is 3.02. The first-order chi connectivity index (χ1) is 11.0. The van der Waals surface area contributed by atoms with Gasteiger partial charge in [-0.05, 0) is 12.8 Å². The summed E-state index contributed by atoms with van der Waals surface area (Å²) in [5.74, 6) is 1.97. The van der Waals surface area contributed by atoms with E-state index in [1.54, 1.807) is 6.07 Å². The van der Waals surface area contributed by atoms with Gasteiger partial charge in [0.05, 0.1) is 6.04 Å². The molecule has 0 bridgehead atoms. The maximum atomic E-state index is 12.8. The first-order valence-electron chi connectivity index (χ1n) is 8.21. The predicted octanol–water partition coefficient (Wildman–Crippen LogP) is 3.89. The molecule has 1 fully saturated rings. The van der Waals surface area contributed by atoms with E-state index < -0.39 is 0 Å². The number of aromatic nitrogens is 2. The van der Waals surface area contributed by atoms with Gasteiger partial charge in [0, 0.05) is 30.5 Å². The molecular weight excluding hydrogens is 294 g/mol. The molecule has 0 aromatic carbocycles. The van der Waals surface area contributed by atoms with E-state index >= 15 is 0 Å². The summed E-state index contributed by atoms with van der Waals surface area (Å²) < 4.78 is 10.6. The molecule has 124 valence electrons. The molecule has 1 saturated heterocycles. The zero-order chi connectivity index (χ0) is 16.6. The van der Waals surface area contributed by atoms with Crippen LogP contribution in [0.1, 0.15) is 86.1 Å². The smallest absolute Gasteiger partial charge is 0.276 e. The van der Waals surface area contributed by atoms with Crippen LogP contribution < -0.4 is 0 Å². The van der Waals surface area contributed by atoms with Crippen LogP contribution in [0.2, 0.25) is 0 Å². The quantitative estimate of drug-likeness (QED) is 0.855. The van der Waals surface area contributed by atoms with Crippen molar-refractivity contribution in [1.29, 1.82) is 0 Å². The molecule has 1 atom stereocenters. The minimum absolute atomic E-state index is 0.0436. The second kappa shape index (κ2) is 6.18. The van der Waals surface area contributed by atoms with E-state index in [-0.39, 0.29) is 23.8 Å². The van der Waals surface area contributed by atoms with Crippen LogP contribution in [0.25, 0.3) is 0 Å². The fourth-order valence-electron chi connectivity index (χ4n) is 2.86. The summed E-state index contributed by atoms with van der Waals surface area (Å²) in [6, 6.07) is 3.66. The maximum absolute atomic E-state index is 12.8. The molecule has 1 aliphatic heterocycles. The standard InChI is InChI=1S/C17H23N3O3/c1-10(2)15-8-12(18-22-15)14-6-5-7-20(14)17(21)13-9-16(11(3)4)23-19-13/h8-11,14H,5-7H2,1-4H3. The Morgan fingerprint density at radius 1 is 1.13 bits per heavy atom. The first kappa shape index (κ1) is 15.8. The van der Waals surface area contributed by atoms with E-state index in [0.29, 0.717) is 12.2 Å². The zero-order valence-electron chi connectivity index (χ0n) is 14.1. The Balaban J connectivity index is 1.81. The van der Waals surface area contributed by atoms with Gasteiger partial charge < -0.3 is 13.9 Å². The van der Waals surface area contributed by atoms with Crippen LogP contribution in [0, 0.1) is 0 Å². The van der Waals surface area contributed by atoms with Crippen molar-refractivity contribution in [2.75, 3.05) is 6.54 Å². The number of hydrogen-bond donors (Lipinski definition) is 0. The third-order valence-corrected chi connectivity index (χ3v) is 4.29. The monoisotopic (exact) mass is 317 g/mol. The van der Waals surface area contributed by atoms with Crippen molar-refractivity contribution < 1.29 is 13.8 Å². The number of amides is 1. The van der Waals surface area contributed by atoms with Crippen molar-refractivity contribution in [1.82, 2.24) is 15.2 Å². The van der Waals surface area contributed by atoms with Crippen molar-refractivity contribution >= 4 is 5.91 Å². The SMILES string of the molecule is CC(C)c1cc(C(=O)N2CCCC2c2cc(C(C)C)on2)no1. The number of rotatable bonds is 4. The number of hydrogen-bond acceptors (Lipinski definition) is 5. The second-order valence-corrected chi connectivity index (χ2v) is 6.73. The predicted molar refractivity (Wildman–Crippen MR) is 84.2 cm³/mol. The number of nitrogens with zero attached hydrogens (tertiary/aromatic N) is 3. The van der Waals surface area contributed by atoms with E-state index in [9.17, 15) is 4.79 Å². The fourth-order valence-corrected chi connectivity index (χ4v) is 2.86. The summed E-state index contributed by atoms with van der Waals surface area (Å²) in [4.78, 5) is 14.6. The highest BCUT2D eigenvalue weighted by atomic mass is 16.5. The van der Waals surface area contributed by atoms with Gasteiger partial charge in [0.25, 0.3) is 5.91 Å². The van der Waals surface area contributed by atoms with E-state index in [0.717, 1.165) is 30.1 Å². The summed E-state index contributed by atoms with van der Waals surface area (Å²) in [5.41, 5.74) is 1.19. The molecule has 0 saturated carbocycles. The summed E-state index contributed by atoms with van der Waals surface area (Å²) in [6.07, 6.45) is 1.85. The van der Waals surface area contributed by atoms with Gasteiger partial charge in [-0.3, -0.25) is 4.79 Å². The highest BCUT2D eigenvalue weighted by Gasteiger charge is 2.34. The molecule has 1 amide bonds. The molecule has 6 heteroatoms. The largest absolute Gasteiger partial charge is 0.361 e. The molecule has 1 aliphatic rings. The molecule has 0 radical (unpaired) electrons. The molecule has 23 heavy (non-hydrogen) atoms. The van der Waals surface area contributed by atoms with E-state index in [4.69, 9.17) is 9.05 Å². The minimum Gasteiger partial charge on any atom is -0.361 e. The molecule has 0 aliphatic carbocycles. The summed E-state index contributed by atoms with van der Waals surface area (Å²) in [7, 11) is 0. The van der Waals surface area contributed by atoms with Gasteiger partial charge >= 0.3 is 0 Å². The van der Waals surface area contributed by atoms with E-state index in [1.807, 2.05) is 24.8 Å². The summed E-state index contributed by atoms with van der Waals surface area (Å²) in [5, 5.41) is 8.10. The van der Waals surface area contributed by atoms with Crippen molar-refractivity contribution in [3.63, 3.8) is 0 Å². The van der Waals surface area contributed by atoms with Crippen molar-refractivity contribution in [3.8, 4) is 0 Å². The van der Waals surface area contributed by atoms with Crippen LogP contribution in [-0.2, 0) is 0 Å². The van der Waals surface area contributed by atoms with Gasteiger partial charge in [-0.15, -0.1) is 0 Å². The Morgan fingerprint density at radius 3 is 2.39 bits per heavy atom. The van der Waals surface area contributed by atoms with Gasteiger partial charge in [-0.1, -0.05) is 38.0 Å². The van der Waals surface area contributed by atoms with Gasteiger partial charge in [0.2, 0.25) is 0 Å². The lowest BCUT2D eigenvalue weighted by molar-refractivity contribution is 0.0720. The minimum atomic E-state index is -0.0998. The Kier molecular flexibility index (Phi) is 4.24. The Morgan fingerprint density at radius 2 is 1.78 bits per heavy atom. The second-order valence-electron chi connectivity index (χ2n) is 6.73. The van der Waals surface area contributed by atoms with Crippen LogP contribution in [0.3, 0.4) is 0 Å². The van der Waals surface area contributed by atoms with Crippen LogP contribution in [0.5, 0.6) is 0 Å². The lowest BCUT2D eigenvalue weighted by atomic mass is 10.1. The summed E-state index contributed by atoms with van der Waals surface area (Å²) >= 11 is 0. The average molecular weight is 317 g/mol. The van der Waals surface area contributed by atoms with Gasteiger partial charge in [0.15, 0.2) is 5.69 Å². The first-order valence-corrected chi connectivity index (χ1v) is 8.21. The summed E-state index contributed by atoms with van der Waals surface area (Å²) in [6.45, 7) is 8.85. The van der Waals surface area contributed by atoms with Crippen LogP contribution in [-0.4, -0.2) is 27.7 Å². The Labute approximate surface area is 135 Å². The Bertz CT molecular complexity index is 687. The van der Waals surface area contributed by atoms with Crippen LogP contribution in [0.15, 0.2) is 21.2 Å². The van der Waals surface area contributed by atoms with Gasteiger partial charge in [-0.2, -0.15) is 0 Å². The fraction of sp³-hybridized carbons (Fsp3) is 0.588. The number of likely N-dealkylation sites (tertiary alicyclic amines) is 1. The lowest BCUT2D eigenvalue weighted by Gasteiger charge is -2.21. The van der Waals surface area contributed by atoms with Crippen molar-refractivity contribution in [2.45, 2.75) is 58.4 Å². The normalized spacial score (nSPS) is 18.3. The highest BCUT2D eigenvalue weighted by molar-refractivity contribution is 5.92. The van der Waals surface area contributed by atoms with Crippen LogP contribution in [0.4, 0.5) is 0 Å². The number of carbonyl (C=O) groups excluding carboxylic acids is 1. The van der Waals surface area contributed by atoms with Crippen molar-refractivity contribution in [2.24, 2.45) is 0 Å². The van der Waals surface area contributed by atoms with E-state index in [1.165, 1.54) is 0 Å². The lowest BCUT2D eigenvalue weighted by Crippen LogP contribution is -2.30. The zero-order valence-corrected chi connectivity index (χ0v) is 14.1. The topological polar surface area (TPSA) is 72.4 Å². The molecule has 1 unspecified atom stereocenters. The third-order valence-electron chi connectivity index (χ3n) is 4.29. The molecular formula is C17H23N3O3.